The fourth-order valence-electron chi connectivity index (χ4n) is 2.11. The minimum absolute atomic E-state index is 0.172. The Kier molecular flexibility index (Phi) is 3.19. The number of rotatable bonds is 3. The van der Waals surface area contributed by atoms with Gasteiger partial charge in [0.15, 0.2) is 0 Å². The molecule has 7 heteroatoms. The second kappa shape index (κ2) is 5.01. The van der Waals surface area contributed by atoms with Crippen LogP contribution in [0.1, 0.15) is 20.9 Å². The van der Waals surface area contributed by atoms with Crippen LogP contribution in [0.15, 0.2) is 24.3 Å². The highest BCUT2D eigenvalue weighted by molar-refractivity contribution is 7.15. The number of nitrogens with one attached hydrogen (secondary N) is 1. The molecule has 0 atom stereocenters. The molecule has 0 saturated heterocycles. The maximum absolute atomic E-state index is 12.4. The van der Waals surface area contributed by atoms with Crippen molar-refractivity contribution < 1.29 is 9.59 Å². The number of nitrogens with zero attached hydrogens (tertiary/aromatic N) is 3. The molecule has 0 bridgehead atoms. The Balaban J connectivity index is 1.87. The lowest BCUT2D eigenvalue weighted by atomic mass is 9.99. The standard InChI is InChI=1S/C13H12N4O2S/c1-14-13-16-15-10(20-13)7-17-11(18)6-8-4-2-3-5-9(8)12(17)19/h2-5H,6-7H2,1H3,(H,14,16). The molecule has 1 aliphatic rings. The van der Waals surface area contributed by atoms with Gasteiger partial charge >= 0.3 is 0 Å². The number of anilines is 1. The molecule has 0 unspecified atom stereocenters. The van der Waals surface area contributed by atoms with Gasteiger partial charge in [0.2, 0.25) is 11.0 Å². The van der Waals surface area contributed by atoms with Gasteiger partial charge in [0, 0.05) is 12.6 Å². The average molecular weight is 288 g/mol. The summed E-state index contributed by atoms with van der Waals surface area (Å²) < 4.78 is 0. The van der Waals surface area contributed by atoms with Gasteiger partial charge in [-0.3, -0.25) is 14.5 Å². The highest BCUT2D eigenvalue weighted by Gasteiger charge is 2.31. The molecule has 3 rings (SSSR count). The van der Waals surface area contributed by atoms with Crippen molar-refractivity contribution in [3.05, 3.63) is 40.4 Å². The Bertz CT molecular complexity index is 683. The Morgan fingerprint density at radius 3 is 2.85 bits per heavy atom. The van der Waals surface area contributed by atoms with Crippen LogP contribution in [-0.4, -0.2) is 34.0 Å². The Morgan fingerprint density at radius 2 is 2.10 bits per heavy atom. The summed E-state index contributed by atoms with van der Waals surface area (Å²) in [6.45, 7) is 0.172. The predicted octanol–water partition coefficient (Wildman–Crippen LogP) is 1.30. The summed E-state index contributed by atoms with van der Waals surface area (Å²) >= 11 is 1.33. The van der Waals surface area contributed by atoms with Crippen molar-refractivity contribution in [1.82, 2.24) is 15.1 Å². The Labute approximate surface area is 119 Å². The van der Waals surface area contributed by atoms with E-state index < -0.39 is 0 Å². The van der Waals surface area contributed by atoms with Crippen molar-refractivity contribution in [3.63, 3.8) is 0 Å². The SMILES string of the molecule is CNc1nnc(CN2C(=O)Cc3ccccc3C2=O)s1. The van der Waals surface area contributed by atoms with Crippen LogP contribution in [-0.2, 0) is 17.8 Å². The fraction of sp³-hybridized carbons (Fsp3) is 0.231. The summed E-state index contributed by atoms with van der Waals surface area (Å²) in [6, 6.07) is 7.19. The molecule has 0 aliphatic carbocycles. The molecule has 0 spiro atoms. The molecule has 0 saturated carbocycles. The number of hydrogen-bond acceptors (Lipinski definition) is 6. The van der Waals surface area contributed by atoms with E-state index in [1.165, 1.54) is 16.2 Å². The van der Waals surface area contributed by atoms with Crippen LogP contribution < -0.4 is 5.32 Å². The molecule has 0 fully saturated rings. The Morgan fingerprint density at radius 1 is 1.30 bits per heavy atom. The second-order valence-corrected chi connectivity index (χ2v) is 5.43. The molecular weight excluding hydrogens is 276 g/mol. The first-order valence-electron chi connectivity index (χ1n) is 6.12. The number of fused-ring (bicyclic) bond motifs is 1. The first-order valence-corrected chi connectivity index (χ1v) is 6.93. The van der Waals surface area contributed by atoms with Gasteiger partial charge in [-0.1, -0.05) is 29.5 Å². The van der Waals surface area contributed by atoms with Crippen LogP contribution in [0.4, 0.5) is 5.13 Å². The fourth-order valence-corrected chi connectivity index (χ4v) is 2.80. The summed E-state index contributed by atoms with van der Waals surface area (Å²) in [4.78, 5) is 25.7. The molecular formula is C13H12N4O2S. The third kappa shape index (κ3) is 2.16. The van der Waals surface area contributed by atoms with E-state index in [0.29, 0.717) is 15.7 Å². The van der Waals surface area contributed by atoms with Crippen LogP contribution in [0.5, 0.6) is 0 Å². The van der Waals surface area contributed by atoms with E-state index in [1.54, 1.807) is 19.2 Å². The van der Waals surface area contributed by atoms with Crippen LogP contribution in [0.25, 0.3) is 0 Å². The smallest absolute Gasteiger partial charge is 0.261 e. The topological polar surface area (TPSA) is 75.2 Å². The van der Waals surface area contributed by atoms with Crippen LogP contribution in [0, 0.1) is 0 Å². The van der Waals surface area contributed by atoms with Crippen molar-refractivity contribution in [1.29, 1.82) is 0 Å². The van der Waals surface area contributed by atoms with E-state index in [0.717, 1.165) is 5.56 Å². The predicted molar refractivity (Wildman–Crippen MR) is 74.5 cm³/mol. The molecule has 1 N–H and O–H groups in total. The van der Waals surface area contributed by atoms with Crippen molar-refractivity contribution in [2.75, 3.05) is 12.4 Å². The van der Waals surface area contributed by atoms with Crippen LogP contribution in [0.3, 0.4) is 0 Å². The molecule has 1 aromatic heterocycles. The minimum atomic E-state index is -0.266. The Hall–Kier alpha value is -2.28. The van der Waals surface area contributed by atoms with Crippen LogP contribution >= 0.6 is 11.3 Å². The van der Waals surface area contributed by atoms with E-state index >= 15 is 0 Å². The monoisotopic (exact) mass is 288 g/mol. The molecule has 20 heavy (non-hydrogen) atoms. The molecule has 6 nitrogen and oxygen atoms in total. The second-order valence-electron chi connectivity index (χ2n) is 4.37. The van der Waals surface area contributed by atoms with Gasteiger partial charge in [0.1, 0.15) is 5.01 Å². The zero-order chi connectivity index (χ0) is 14.1. The third-order valence-electron chi connectivity index (χ3n) is 3.11. The highest BCUT2D eigenvalue weighted by atomic mass is 32.1. The lowest BCUT2D eigenvalue weighted by Gasteiger charge is -2.25. The zero-order valence-corrected chi connectivity index (χ0v) is 11.6. The lowest BCUT2D eigenvalue weighted by molar-refractivity contribution is -0.128. The lowest BCUT2D eigenvalue weighted by Crippen LogP contribution is -2.41. The van der Waals surface area contributed by atoms with Gasteiger partial charge in [-0.05, 0) is 11.6 Å². The quantitative estimate of drug-likeness (QED) is 0.862. The van der Waals surface area contributed by atoms with E-state index in [9.17, 15) is 9.59 Å². The minimum Gasteiger partial charge on any atom is -0.363 e. The van der Waals surface area contributed by atoms with Gasteiger partial charge < -0.3 is 5.32 Å². The molecule has 102 valence electrons. The zero-order valence-electron chi connectivity index (χ0n) is 10.8. The van der Waals surface area contributed by atoms with E-state index in [2.05, 4.69) is 15.5 Å². The number of hydrogen-bond donors (Lipinski definition) is 1. The van der Waals surface area contributed by atoms with Gasteiger partial charge in [-0.2, -0.15) is 0 Å². The molecule has 1 aliphatic heterocycles. The number of benzene rings is 1. The molecule has 2 aromatic rings. The van der Waals surface area contributed by atoms with Crippen molar-refractivity contribution >= 4 is 28.3 Å². The average Bonchev–Trinajstić information content (AvgIpc) is 2.91. The molecule has 0 radical (unpaired) electrons. The normalized spacial score (nSPS) is 14.3. The summed E-state index contributed by atoms with van der Waals surface area (Å²) in [6.07, 6.45) is 0.250. The summed E-state index contributed by atoms with van der Waals surface area (Å²) in [5.74, 6) is -0.465. The summed E-state index contributed by atoms with van der Waals surface area (Å²) in [5.41, 5.74) is 1.37. The van der Waals surface area contributed by atoms with Gasteiger partial charge in [0.25, 0.3) is 5.91 Å². The maximum atomic E-state index is 12.4. The van der Waals surface area contributed by atoms with Crippen molar-refractivity contribution in [3.8, 4) is 0 Å². The molecule has 2 amide bonds. The number of imide groups is 1. The maximum Gasteiger partial charge on any atom is 0.261 e. The number of carbonyl (C=O) groups is 2. The third-order valence-corrected chi connectivity index (χ3v) is 4.04. The summed E-state index contributed by atoms with van der Waals surface area (Å²) in [5, 5.41) is 12.0. The first kappa shape index (κ1) is 12.7. The van der Waals surface area contributed by atoms with Crippen LogP contribution in [0.2, 0.25) is 0 Å². The first-order chi connectivity index (χ1) is 9.69. The highest BCUT2D eigenvalue weighted by Crippen LogP contribution is 2.23. The largest absolute Gasteiger partial charge is 0.363 e. The number of amides is 2. The molecule has 1 aromatic carbocycles. The van der Waals surface area contributed by atoms with Crippen molar-refractivity contribution in [2.45, 2.75) is 13.0 Å². The molecule has 2 heterocycles. The van der Waals surface area contributed by atoms with Gasteiger partial charge in [-0.25, -0.2) is 0 Å². The number of carbonyl (C=O) groups excluding carboxylic acids is 2. The van der Waals surface area contributed by atoms with E-state index in [1.807, 2.05) is 12.1 Å². The van der Waals surface area contributed by atoms with Gasteiger partial charge in [-0.15, -0.1) is 10.2 Å². The van der Waals surface area contributed by atoms with E-state index in [4.69, 9.17) is 0 Å². The summed E-state index contributed by atoms with van der Waals surface area (Å²) in [7, 11) is 1.75. The van der Waals surface area contributed by atoms with Crippen molar-refractivity contribution in [2.24, 2.45) is 0 Å². The van der Waals surface area contributed by atoms with E-state index in [-0.39, 0.29) is 24.8 Å². The number of aromatic nitrogens is 2. The van der Waals surface area contributed by atoms with Gasteiger partial charge in [0.05, 0.1) is 13.0 Å².